The second kappa shape index (κ2) is 8.02. The highest BCUT2D eigenvalue weighted by molar-refractivity contribution is 5.85. The molecule has 0 unspecified atom stereocenters. The minimum absolute atomic E-state index is 0.00179. The summed E-state index contributed by atoms with van der Waals surface area (Å²) in [6.07, 6.45) is 1.63. The SMILES string of the molecule is NCC(=O)NCC(=O)N1CCC(OCCO)CC1. The van der Waals surface area contributed by atoms with Gasteiger partial charge in [0.1, 0.15) is 0 Å². The van der Waals surface area contributed by atoms with E-state index in [4.69, 9.17) is 15.6 Å². The molecular formula is C11H21N3O4. The van der Waals surface area contributed by atoms with Crippen molar-refractivity contribution in [1.82, 2.24) is 10.2 Å². The summed E-state index contributed by atoms with van der Waals surface area (Å²) in [5.41, 5.74) is 5.13. The number of nitrogens with two attached hydrogens (primary N) is 1. The molecule has 104 valence electrons. The third-order valence-electron chi connectivity index (χ3n) is 2.86. The number of aliphatic hydroxyl groups is 1. The summed E-state index contributed by atoms with van der Waals surface area (Å²) >= 11 is 0. The van der Waals surface area contributed by atoms with Crippen LogP contribution >= 0.6 is 0 Å². The molecule has 1 fully saturated rings. The van der Waals surface area contributed by atoms with E-state index in [0.717, 1.165) is 12.8 Å². The highest BCUT2D eigenvalue weighted by Crippen LogP contribution is 2.13. The van der Waals surface area contributed by atoms with Crippen LogP contribution < -0.4 is 11.1 Å². The number of carbonyl (C=O) groups is 2. The lowest BCUT2D eigenvalue weighted by atomic mass is 10.1. The summed E-state index contributed by atoms with van der Waals surface area (Å²) in [5, 5.41) is 11.1. The van der Waals surface area contributed by atoms with Gasteiger partial charge in [0.15, 0.2) is 0 Å². The Balaban J connectivity index is 2.21. The smallest absolute Gasteiger partial charge is 0.241 e. The van der Waals surface area contributed by atoms with Gasteiger partial charge in [0.25, 0.3) is 0 Å². The van der Waals surface area contributed by atoms with E-state index < -0.39 is 0 Å². The van der Waals surface area contributed by atoms with Crippen LogP contribution in [0.2, 0.25) is 0 Å². The predicted octanol–water partition coefficient (Wildman–Crippen LogP) is -1.94. The Morgan fingerprint density at radius 1 is 1.39 bits per heavy atom. The summed E-state index contributed by atoms with van der Waals surface area (Å²) in [7, 11) is 0. The largest absolute Gasteiger partial charge is 0.394 e. The lowest BCUT2D eigenvalue weighted by Gasteiger charge is -2.31. The van der Waals surface area contributed by atoms with Crippen LogP contribution in [0.3, 0.4) is 0 Å². The van der Waals surface area contributed by atoms with Crippen molar-refractivity contribution < 1.29 is 19.4 Å². The van der Waals surface area contributed by atoms with Crippen LogP contribution in [0, 0.1) is 0 Å². The van der Waals surface area contributed by atoms with Crippen LogP contribution in [0.1, 0.15) is 12.8 Å². The second-order valence-corrected chi connectivity index (χ2v) is 4.16. The fraction of sp³-hybridized carbons (Fsp3) is 0.818. The minimum Gasteiger partial charge on any atom is -0.394 e. The van der Waals surface area contributed by atoms with E-state index in [1.54, 1.807) is 4.90 Å². The van der Waals surface area contributed by atoms with E-state index >= 15 is 0 Å². The molecule has 0 radical (unpaired) electrons. The average Bonchev–Trinajstić information content (AvgIpc) is 2.42. The van der Waals surface area contributed by atoms with Gasteiger partial charge < -0.3 is 25.8 Å². The van der Waals surface area contributed by atoms with Crippen LogP contribution in [0.4, 0.5) is 0 Å². The van der Waals surface area contributed by atoms with E-state index in [0.29, 0.717) is 19.7 Å². The van der Waals surface area contributed by atoms with Crippen LogP contribution in [-0.4, -0.2) is 67.3 Å². The topological polar surface area (TPSA) is 105 Å². The molecule has 1 aliphatic heterocycles. The van der Waals surface area contributed by atoms with Gasteiger partial charge in [-0.25, -0.2) is 0 Å². The van der Waals surface area contributed by atoms with E-state index in [1.165, 1.54) is 0 Å². The van der Waals surface area contributed by atoms with Crippen molar-refractivity contribution in [3.8, 4) is 0 Å². The van der Waals surface area contributed by atoms with Gasteiger partial charge >= 0.3 is 0 Å². The zero-order valence-corrected chi connectivity index (χ0v) is 10.4. The summed E-state index contributed by atoms with van der Waals surface area (Å²) in [5.74, 6) is -0.429. The first-order valence-corrected chi connectivity index (χ1v) is 6.14. The number of aliphatic hydroxyl groups excluding tert-OH is 1. The molecule has 7 nitrogen and oxygen atoms in total. The highest BCUT2D eigenvalue weighted by Gasteiger charge is 2.22. The van der Waals surface area contributed by atoms with Crippen molar-refractivity contribution in [3.63, 3.8) is 0 Å². The number of carbonyl (C=O) groups excluding carboxylic acids is 2. The van der Waals surface area contributed by atoms with Gasteiger partial charge in [-0.3, -0.25) is 9.59 Å². The molecule has 2 amide bonds. The minimum atomic E-state index is -0.329. The number of likely N-dealkylation sites (tertiary alicyclic amines) is 1. The number of nitrogens with one attached hydrogen (secondary N) is 1. The molecular weight excluding hydrogens is 238 g/mol. The van der Waals surface area contributed by atoms with Crippen molar-refractivity contribution in [2.24, 2.45) is 5.73 Å². The average molecular weight is 259 g/mol. The first kappa shape index (κ1) is 14.9. The Kier molecular flexibility index (Phi) is 6.63. The highest BCUT2D eigenvalue weighted by atomic mass is 16.5. The molecule has 1 aliphatic rings. The first-order valence-electron chi connectivity index (χ1n) is 6.14. The van der Waals surface area contributed by atoms with Crippen molar-refractivity contribution in [2.45, 2.75) is 18.9 Å². The Morgan fingerprint density at radius 2 is 2.06 bits per heavy atom. The van der Waals surface area contributed by atoms with Gasteiger partial charge in [-0.2, -0.15) is 0 Å². The number of ether oxygens (including phenoxy) is 1. The maximum Gasteiger partial charge on any atom is 0.241 e. The number of hydrogen-bond donors (Lipinski definition) is 3. The molecule has 7 heteroatoms. The Morgan fingerprint density at radius 3 is 2.61 bits per heavy atom. The fourth-order valence-electron chi connectivity index (χ4n) is 1.85. The standard InChI is InChI=1S/C11H21N3O4/c12-7-10(16)13-8-11(17)14-3-1-9(2-4-14)18-6-5-15/h9,15H,1-8,12H2,(H,13,16). The molecule has 0 saturated carbocycles. The number of amides is 2. The van der Waals surface area contributed by atoms with E-state index in [9.17, 15) is 9.59 Å². The maximum atomic E-state index is 11.7. The molecule has 1 heterocycles. The van der Waals surface area contributed by atoms with Crippen LogP contribution in [0.25, 0.3) is 0 Å². The molecule has 0 atom stereocenters. The zero-order chi connectivity index (χ0) is 13.4. The van der Waals surface area contributed by atoms with E-state index in [1.807, 2.05) is 0 Å². The summed E-state index contributed by atoms with van der Waals surface area (Å²) in [6.45, 7) is 1.48. The lowest BCUT2D eigenvalue weighted by molar-refractivity contribution is -0.135. The zero-order valence-electron chi connectivity index (χ0n) is 10.4. The van der Waals surface area contributed by atoms with E-state index in [-0.39, 0.29) is 37.6 Å². The normalized spacial score (nSPS) is 16.7. The van der Waals surface area contributed by atoms with Crippen LogP contribution in [0.5, 0.6) is 0 Å². The molecule has 4 N–H and O–H groups in total. The molecule has 0 aromatic heterocycles. The predicted molar refractivity (Wildman–Crippen MR) is 64.7 cm³/mol. The van der Waals surface area contributed by atoms with E-state index in [2.05, 4.69) is 5.32 Å². The molecule has 1 rings (SSSR count). The number of nitrogens with zero attached hydrogens (tertiary/aromatic N) is 1. The summed E-state index contributed by atoms with van der Waals surface area (Å²) in [4.78, 5) is 24.4. The van der Waals surface area contributed by atoms with Gasteiger partial charge in [-0.1, -0.05) is 0 Å². The van der Waals surface area contributed by atoms with Crippen LogP contribution in [-0.2, 0) is 14.3 Å². The van der Waals surface area contributed by atoms with Crippen molar-refractivity contribution in [3.05, 3.63) is 0 Å². The first-order chi connectivity index (χ1) is 8.67. The third kappa shape index (κ3) is 4.99. The van der Waals surface area contributed by atoms with Gasteiger partial charge in [0.05, 0.1) is 32.4 Å². The molecule has 0 spiro atoms. The molecule has 18 heavy (non-hydrogen) atoms. The van der Waals surface area contributed by atoms with Crippen LogP contribution in [0.15, 0.2) is 0 Å². The Labute approximate surface area is 106 Å². The molecule has 0 bridgehead atoms. The lowest BCUT2D eigenvalue weighted by Crippen LogP contribution is -2.46. The Bertz CT molecular complexity index is 277. The number of rotatable bonds is 6. The van der Waals surface area contributed by atoms with Gasteiger partial charge in [0, 0.05) is 13.1 Å². The fourth-order valence-corrected chi connectivity index (χ4v) is 1.85. The summed E-state index contributed by atoms with van der Waals surface area (Å²) in [6, 6.07) is 0. The Hall–Kier alpha value is -1.18. The van der Waals surface area contributed by atoms with Gasteiger partial charge in [-0.05, 0) is 12.8 Å². The van der Waals surface area contributed by atoms with Crippen molar-refractivity contribution >= 4 is 11.8 Å². The van der Waals surface area contributed by atoms with Crippen molar-refractivity contribution in [1.29, 1.82) is 0 Å². The quantitative estimate of drug-likeness (QED) is 0.515. The monoisotopic (exact) mass is 259 g/mol. The molecule has 0 aromatic rings. The number of hydrogen-bond acceptors (Lipinski definition) is 5. The number of piperidine rings is 1. The van der Waals surface area contributed by atoms with Gasteiger partial charge in [-0.15, -0.1) is 0 Å². The molecule has 0 aromatic carbocycles. The van der Waals surface area contributed by atoms with Crippen molar-refractivity contribution in [2.75, 3.05) is 39.4 Å². The van der Waals surface area contributed by atoms with Gasteiger partial charge in [0.2, 0.25) is 11.8 Å². The maximum absolute atomic E-state index is 11.7. The molecule has 0 aliphatic carbocycles. The second-order valence-electron chi connectivity index (χ2n) is 4.16. The third-order valence-corrected chi connectivity index (χ3v) is 2.86. The molecule has 1 saturated heterocycles. The summed E-state index contributed by atoms with van der Waals surface area (Å²) < 4.78 is 5.40.